The van der Waals surface area contributed by atoms with Gasteiger partial charge in [-0.2, -0.15) is 0 Å². The van der Waals surface area contributed by atoms with E-state index >= 15 is 0 Å². The zero-order valence-corrected chi connectivity index (χ0v) is 13.2. The summed E-state index contributed by atoms with van der Waals surface area (Å²) in [5.74, 6) is 0.184. The molecule has 0 bridgehead atoms. The van der Waals surface area contributed by atoms with Crippen molar-refractivity contribution in [2.75, 3.05) is 13.1 Å². The molecule has 0 heterocycles. The third-order valence-electron chi connectivity index (χ3n) is 3.22. The summed E-state index contributed by atoms with van der Waals surface area (Å²) in [6.07, 6.45) is 2.88. The molecule has 0 fully saturated rings. The van der Waals surface area contributed by atoms with Crippen LogP contribution in [0, 0.1) is 6.92 Å². The van der Waals surface area contributed by atoms with Gasteiger partial charge in [0.2, 0.25) is 5.91 Å². The summed E-state index contributed by atoms with van der Waals surface area (Å²) in [7, 11) is 0. The number of thiocarbonyl (C=S) groups is 1. The molecule has 0 aliphatic heterocycles. The first kappa shape index (κ1) is 16.6. The Hall–Kier alpha value is -1.42. The third kappa shape index (κ3) is 6.15. The summed E-state index contributed by atoms with van der Waals surface area (Å²) in [6, 6.07) is 8.33. The van der Waals surface area contributed by atoms with Crippen molar-refractivity contribution >= 4 is 23.1 Å². The van der Waals surface area contributed by atoms with Gasteiger partial charge in [0.25, 0.3) is 0 Å². The minimum atomic E-state index is 0.184. The van der Waals surface area contributed by atoms with Crippen LogP contribution in [-0.4, -0.2) is 28.9 Å². The second-order valence-corrected chi connectivity index (χ2v) is 5.61. The van der Waals surface area contributed by atoms with Crippen molar-refractivity contribution in [3.05, 3.63) is 35.4 Å². The number of amides is 1. The molecule has 1 aromatic carbocycles. The number of hydrogen-bond acceptors (Lipinski definition) is 2. The van der Waals surface area contributed by atoms with Gasteiger partial charge in [0.1, 0.15) is 0 Å². The van der Waals surface area contributed by atoms with E-state index in [2.05, 4.69) is 38.1 Å². The number of rotatable bonds is 8. The highest BCUT2D eigenvalue weighted by Crippen LogP contribution is 2.08. The lowest BCUT2D eigenvalue weighted by atomic mass is 10.1. The Morgan fingerprint density at radius 2 is 1.85 bits per heavy atom. The quantitative estimate of drug-likeness (QED) is 0.749. The van der Waals surface area contributed by atoms with Gasteiger partial charge >= 0.3 is 0 Å². The van der Waals surface area contributed by atoms with Crippen LogP contribution in [0.1, 0.15) is 37.3 Å². The van der Waals surface area contributed by atoms with E-state index in [4.69, 9.17) is 18.0 Å². The van der Waals surface area contributed by atoms with Gasteiger partial charge in [0.05, 0.1) is 4.99 Å². The zero-order valence-electron chi connectivity index (χ0n) is 12.4. The Labute approximate surface area is 127 Å². The van der Waals surface area contributed by atoms with Crippen molar-refractivity contribution < 1.29 is 4.79 Å². The normalized spacial score (nSPS) is 10.3. The first-order valence-electron chi connectivity index (χ1n) is 7.14. The molecule has 0 aliphatic rings. The predicted octanol–water partition coefficient (Wildman–Crippen LogP) is 2.84. The average Bonchev–Trinajstić information content (AvgIpc) is 2.42. The van der Waals surface area contributed by atoms with Gasteiger partial charge < -0.3 is 10.6 Å². The first-order chi connectivity index (χ1) is 9.52. The predicted molar refractivity (Wildman–Crippen MR) is 87.8 cm³/mol. The van der Waals surface area contributed by atoms with E-state index < -0.39 is 0 Å². The maximum atomic E-state index is 12.2. The van der Waals surface area contributed by atoms with E-state index in [1.165, 1.54) is 11.1 Å². The second-order valence-electron chi connectivity index (χ2n) is 5.08. The Morgan fingerprint density at radius 1 is 1.20 bits per heavy atom. The highest BCUT2D eigenvalue weighted by molar-refractivity contribution is 7.80. The monoisotopic (exact) mass is 292 g/mol. The largest absolute Gasteiger partial charge is 0.393 e. The molecule has 0 atom stereocenters. The molecular formula is C16H24N2OS. The first-order valence-corrected chi connectivity index (χ1v) is 7.55. The van der Waals surface area contributed by atoms with Crippen LogP contribution in [0.3, 0.4) is 0 Å². The van der Waals surface area contributed by atoms with Gasteiger partial charge in [0, 0.05) is 25.9 Å². The van der Waals surface area contributed by atoms with E-state index in [-0.39, 0.29) is 5.91 Å². The SMILES string of the molecule is CCCN(CCC(N)=S)C(=O)CCc1ccc(C)cc1. The fourth-order valence-corrected chi connectivity index (χ4v) is 2.13. The van der Waals surface area contributed by atoms with Crippen molar-refractivity contribution in [3.63, 3.8) is 0 Å². The van der Waals surface area contributed by atoms with Crippen LogP contribution in [0.2, 0.25) is 0 Å². The average molecular weight is 292 g/mol. The van der Waals surface area contributed by atoms with Crippen molar-refractivity contribution in [3.8, 4) is 0 Å². The second kappa shape index (κ2) is 8.69. The van der Waals surface area contributed by atoms with Crippen molar-refractivity contribution in [1.29, 1.82) is 0 Å². The molecule has 0 radical (unpaired) electrons. The molecule has 20 heavy (non-hydrogen) atoms. The maximum absolute atomic E-state index is 12.2. The van der Waals surface area contributed by atoms with E-state index in [0.717, 1.165) is 19.4 Å². The summed E-state index contributed by atoms with van der Waals surface area (Å²) in [5.41, 5.74) is 7.95. The molecule has 1 amide bonds. The topological polar surface area (TPSA) is 46.3 Å². The van der Waals surface area contributed by atoms with Crippen molar-refractivity contribution in [1.82, 2.24) is 4.90 Å². The summed E-state index contributed by atoms with van der Waals surface area (Å²) in [5, 5.41) is 0. The van der Waals surface area contributed by atoms with Crippen LogP contribution < -0.4 is 5.73 Å². The number of carbonyl (C=O) groups is 1. The smallest absolute Gasteiger partial charge is 0.222 e. The van der Waals surface area contributed by atoms with E-state index in [0.29, 0.717) is 24.4 Å². The highest BCUT2D eigenvalue weighted by Gasteiger charge is 2.12. The molecule has 0 aromatic heterocycles. The molecule has 0 unspecified atom stereocenters. The van der Waals surface area contributed by atoms with Crippen LogP contribution in [0.15, 0.2) is 24.3 Å². The molecule has 0 saturated carbocycles. The zero-order chi connectivity index (χ0) is 15.0. The molecule has 3 nitrogen and oxygen atoms in total. The van der Waals surface area contributed by atoms with Crippen LogP contribution in [0.25, 0.3) is 0 Å². The summed E-state index contributed by atoms with van der Waals surface area (Å²) in [6.45, 7) is 5.54. The number of benzene rings is 1. The summed E-state index contributed by atoms with van der Waals surface area (Å²) >= 11 is 4.88. The molecule has 0 spiro atoms. The number of carbonyl (C=O) groups excluding carboxylic acids is 1. The number of nitrogens with two attached hydrogens (primary N) is 1. The molecule has 4 heteroatoms. The van der Waals surface area contributed by atoms with Crippen LogP contribution in [-0.2, 0) is 11.2 Å². The van der Waals surface area contributed by atoms with Crippen LogP contribution in [0.5, 0.6) is 0 Å². The Morgan fingerprint density at radius 3 is 2.40 bits per heavy atom. The van der Waals surface area contributed by atoms with E-state index in [9.17, 15) is 4.79 Å². The minimum Gasteiger partial charge on any atom is -0.393 e. The third-order valence-corrected chi connectivity index (χ3v) is 3.43. The molecule has 0 saturated heterocycles. The molecule has 1 aromatic rings. The Kier molecular flexibility index (Phi) is 7.23. The van der Waals surface area contributed by atoms with Gasteiger partial charge in [-0.15, -0.1) is 0 Å². The molecular weight excluding hydrogens is 268 g/mol. The van der Waals surface area contributed by atoms with Gasteiger partial charge in [-0.05, 0) is 25.3 Å². The molecule has 1 rings (SSSR count). The summed E-state index contributed by atoms with van der Waals surface area (Å²) in [4.78, 5) is 14.6. The van der Waals surface area contributed by atoms with E-state index in [1.54, 1.807) is 0 Å². The Balaban J connectivity index is 2.48. The maximum Gasteiger partial charge on any atom is 0.222 e. The van der Waals surface area contributed by atoms with E-state index in [1.807, 2.05) is 4.90 Å². The summed E-state index contributed by atoms with van der Waals surface area (Å²) < 4.78 is 0. The Bertz CT molecular complexity index is 442. The highest BCUT2D eigenvalue weighted by atomic mass is 32.1. The van der Waals surface area contributed by atoms with Gasteiger partial charge in [-0.1, -0.05) is 49.0 Å². The lowest BCUT2D eigenvalue weighted by molar-refractivity contribution is -0.131. The fraction of sp³-hybridized carbons (Fsp3) is 0.500. The van der Waals surface area contributed by atoms with Gasteiger partial charge in [0.15, 0.2) is 0 Å². The standard InChI is InChI=1S/C16H24N2OS/c1-3-11-18(12-10-15(17)20)16(19)9-8-14-6-4-13(2)5-7-14/h4-7H,3,8-12H2,1-2H3,(H2,17,20). The molecule has 0 aliphatic carbocycles. The van der Waals surface area contributed by atoms with Crippen molar-refractivity contribution in [2.45, 2.75) is 39.5 Å². The number of hydrogen-bond donors (Lipinski definition) is 1. The molecule has 2 N–H and O–H groups in total. The molecule has 110 valence electrons. The van der Waals surface area contributed by atoms with Crippen molar-refractivity contribution in [2.24, 2.45) is 5.73 Å². The number of aryl methyl sites for hydroxylation is 2. The number of nitrogens with zero attached hydrogens (tertiary/aromatic N) is 1. The minimum absolute atomic E-state index is 0.184. The van der Waals surface area contributed by atoms with Gasteiger partial charge in [-0.25, -0.2) is 0 Å². The van der Waals surface area contributed by atoms with Gasteiger partial charge in [-0.3, -0.25) is 4.79 Å². The lowest BCUT2D eigenvalue weighted by Gasteiger charge is -2.22. The van der Waals surface area contributed by atoms with Crippen LogP contribution in [0.4, 0.5) is 0 Å². The fourth-order valence-electron chi connectivity index (χ4n) is 2.04. The van der Waals surface area contributed by atoms with Crippen LogP contribution >= 0.6 is 12.2 Å². The lowest BCUT2D eigenvalue weighted by Crippen LogP contribution is -2.34.